The molecule has 0 saturated carbocycles. The van der Waals surface area contributed by atoms with E-state index < -0.39 is 65.9 Å². The van der Waals surface area contributed by atoms with Crippen molar-refractivity contribution in [2.75, 3.05) is 7.11 Å². The number of nitrogens with zero attached hydrogens (tertiary/aromatic N) is 2. The summed E-state index contributed by atoms with van der Waals surface area (Å²) in [4.78, 5) is 29.2. The van der Waals surface area contributed by atoms with Gasteiger partial charge in [-0.05, 0) is 75.8 Å². The van der Waals surface area contributed by atoms with Crippen molar-refractivity contribution in [3.63, 3.8) is 0 Å². The van der Waals surface area contributed by atoms with E-state index in [-0.39, 0.29) is 24.5 Å². The van der Waals surface area contributed by atoms with Gasteiger partial charge in [-0.3, -0.25) is 0 Å². The molecule has 1 heterocycles. The van der Waals surface area contributed by atoms with Crippen molar-refractivity contribution in [1.29, 1.82) is 0 Å². The fourth-order valence-corrected chi connectivity index (χ4v) is 5.32. The lowest BCUT2D eigenvalue weighted by molar-refractivity contribution is -0.143. The minimum Gasteiger partial charge on any atom is -0.453 e. The summed E-state index contributed by atoms with van der Waals surface area (Å²) < 4.78 is 91.8. The molecule has 1 aliphatic heterocycles. The molecule has 0 N–H and O–H groups in total. The largest absolute Gasteiger partial charge is 0.453 e. The molecular formula is C30H36F6N2O4. The third-order valence-electron chi connectivity index (χ3n) is 7.12. The number of amides is 2. The number of rotatable bonds is 6. The van der Waals surface area contributed by atoms with Gasteiger partial charge in [0.1, 0.15) is 5.60 Å². The SMILES string of the molecule is CC[C@@H]1C[C@H](N(Cc2cc(C(F)(F)F)cc(C(F)(F)F)c2)C(=O)OC)CC(Cc2ccccc2)N1C(=O)OC(C)(C)C. The molecule has 12 heteroatoms. The summed E-state index contributed by atoms with van der Waals surface area (Å²) in [6, 6.07) is 9.02. The van der Waals surface area contributed by atoms with Crippen LogP contribution in [0, 0.1) is 0 Å². The van der Waals surface area contributed by atoms with E-state index in [2.05, 4.69) is 0 Å². The van der Waals surface area contributed by atoms with Crippen LogP contribution in [0.3, 0.4) is 0 Å². The number of halogens is 6. The minimum absolute atomic E-state index is 0.0499. The molecule has 2 aromatic carbocycles. The monoisotopic (exact) mass is 602 g/mol. The molecule has 3 rings (SSSR count). The average Bonchev–Trinajstić information content (AvgIpc) is 2.89. The van der Waals surface area contributed by atoms with Crippen LogP contribution in [0.4, 0.5) is 35.9 Å². The maximum atomic E-state index is 13.5. The van der Waals surface area contributed by atoms with Gasteiger partial charge in [0, 0.05) is 24.7 Å². The van der Waals surface area contributed by atoms with Crippen LogP contribution in [0.5, 0.6) is 0 Å². The van der Waals surface area contributed by atoms with Crippen LogP contribution in [0.15, 0.2) is 48.5 Å². The van der Waals surface area contributed by atoms with E-state index in [0.717, 1.165) is 17.6 Å². The predicted octanol–water partition coefficient (Wildman–Crippen LogP) is 8.08. The maximum Gasteiger partial charge on any atom is 0.416 e. The van der Waals surface area contributed by atoms with Gasteiger partial charge in [0.05, 0.1) is 18.2 Å². The molecule has 3 atom stereocenters. The number of benzene rings is 2. The number of likely N-dealkylation sites (tertiary alicyclic amines) is 1. The van der Waals surface area contributed by atoms with Gasteiger partial charge in [-0.1, -0.05) is 37.3 Å². The Labute approximate surface area is 241 Å². The van der Waals surface area contributed by atoms with Crippen LogP contribution in [0.25, 0.3) is 0 Å². The first-order chi connectivity index (χ1) is 19.4. The zero-order chi connectivity index (χ0) is 31.5. The third-order valence-corrected chi connectivity index (χ3v) is 7.12. The Bertz CT molecular complexity index is 1190. The number of methoxy groups -OCH3 is 1. The van der Waals surface area contributed by atoms with Crippen LogP contribution < -0.4 is 0 Å². The third kappa shape index (κ3) is 8.54. The first-order valence-corrected chi connectivity index (χ1v) is 13.6. The summed E-state index contributed by atoms with van der Waals surface area (Å²) in [6.45, 7) is 6.54. The van der Waals surface area contributed by atoms with E-state index in [1.807, 2.05) is 37.3 Å². The van der Waals surface area contributed by atoms with Crippen LogP contribution in [0.1, 0.15) is 69.2 Å². The van der Waals surface area contributed by atoms with Crippen molar-refractivity contribution in [2.24, 2.45) is 0 Å². The molecule has 0 spiro atoms. The van der Waals surface area contributed by atoms with Crippen molar-refractivity contribution < 1.29 is 45.4 Å². The second kappa shape index (κ2) is 12.8. The average molecular weight is 603 g/mol. The summed E-state index contributed by atoms with van der Waals surface area (Å²) in [7, 11) is 1.09. The number of hydrogen-bond donors (Lipinski definition) is 0. The second-order valence-electron chi connectivity index (χ2n) is 11.4. The van der Waals surface area contributed by atoms with Gasteiger partial charge in [-0.25, -0.2) is 9.59 Å². The highest BCUT2D eigenvalue weighted by molar-refractivity contribution is 5.70. The van der Waals surface area contributed by atoms with Gasteiger partial charge in [0.15, 0.2) is 0 Å². The van der Waals surface area contributed by atoms with Gasteiger partial charge in [0.2, 0.25) is 0 Å². The molecule has 2 aromatic rings. The maximum absolute atomic E-state index is 13.5. The number of carbonyl (C=O) groups is 2. The molecule has 1 unspecified atom stereocenters. The quantitative estimate of drug-likeness (QED) is 0.314. The molecule has 2 amide bonds. The van der Waals surface area contributed by atoms with Gasteiger partial charge in [-0.15, -0.1) is 0 Å². The van der Waals surface area contributed by atoms with E-state index in [1.54, 1.807) is 25.7 Å². The first-order valence-electron chi connectivity index (χ1n) is 13.6. The number of piperidine rings is 1. The van der Waals surface area contributed by atoms with Crippen molar-refractivity contribution in [1.82, 2.24) is 9.80 Å². The molecule has 1 saturated heterocycles. The topological polar surface area (TPSA) is 59.1 Å². The van der Waals surface area contributed by atoms with Crippen LogP contribution in [-0.4, -0.2) is 52.8 Å². The number of alkyl halides is 6. The number of carbonyl (C=O) groups excluding carboxylic acids is 2. The highest BCUT2D eigenvalue weighted by Crippen LogP contribution is 2.38. The zero-order valence-electron chi connectivity index (χ0n) is 24.2. The fraction of sp³-hybridized carbons (Fsp3) is 0.533. The highest BCUT2D eigenvalue weighted by atomic mass is 19.4. The van der Waals surface area contributed by atoms with Crippen LogP contribution >= 0.6 is 0 Å². The van der Waals surface area contributed by atoms with Crippen molar-refractivity contribution in [2.45, 2.75) is 96.0 Å². The Kier molecular flexibility index (Phi) is 10.1. The molecule has 0 radical (unpaired) electrons. The van der Waals surface area contributed by atoms with E-state index >= 15 is 0 Å². The van der Waals surface area contributed by atoms with Crippen molar-refractivity contribution in [3.05, 3.63) is 70.8 Å². The van der Waals surface area contributed by atoms with Crippen molar-refractivity contribution in [3.8, 4) is 0 Å². The zero-order valence-corrected chi connectivity index (χ0v) is 24.2. The lowest BCUT2D eigenvalue weighted by atomic mass is 9.86. The molecule has 6 nitrogen and oxygen atoms in total. The summed E-state index contributed by atoms with van der Waals surface area (Å²) in [5, 5.41) is 0. The summed E-state index contributed by atoms with van der Waals surface area (Å²) in [5.41, 5.74) is -3.15. The van der Waals surface area contributed by atoms with Crippen LogP contribution in [-0.2, 0) is 34.8 Å². The Hall–Kier alpha value is -3.44. The molecular weight excluding hydrogens is 566 g/mol. The predicted molar refractivity (Wildman–Crippen MR) is 144 cm³/mol. The summed E-state index contributed by atoms with van der Waals surface area (Å²) >= 11 is 0. The molecule has 0 bridgehead atoms. The van der Waals surface area contributed by atoms with Crippen molar-refractivity contribution >= 4 is 12.2 Å². The molecule has 1 fully saturated rings. The Morgan fingerprint density at radius 2 is 1.43 bits per heavy atom. The summed E-state index contributed by atoms with van der Waals surface area (Å²) in [5.74, 6) is 0. The molecule has 0 aliphatic carbocycles. The van der Waals surface area contributed by atoms with Crippen LogP contribution in [0.2, 0.25) is 0 Å². The fourth-order valence-electron chi connectivity index (χ4n) is 5.32. The second-order valence-corrected chi connectivity index (χ2v) is 11.4. The Morgan fingerprint density at radius 3 is 1.90 bits per heavy atom. The van der Waals surface area contributed by atoms with E-state index in [9.17, 15) is 35.9 Å². The molecule has 0 aromatic heterocycles. The normalized spacial score (nSPS) is 19.8. The van der Waals surface area contributed by atoms with E-state index in [0.29, 0.717) is 25.0 Å². The lowest BCUT2D eigenvalue weighted by Crippen LogP contribution is -2.58. The first kappa shape index (κ1) is 33.1. The lowest BCUT2D eigenvalue weighted by Gasteiger charge is -2.47. The number of hydrogen-bond acceptors (Lipinski definition) is 4. The smallest absolute Gasteiger partial charge is 0.416 e. The van der Waals surface area contributed by atoms with E-state index in [4.69, 9.17) is 9.47 Å². The van der Waals surface area contributed by atoms with Gasteiger partial charge in [-0.2, -0.15) is 26.3 Å². The minimum atomic E-state index is -5.03. The van der Waals surface area contributed by atoms with Gasteiger partial charge in [0.25, 0.3) is 0 Å². The Balaban J connectivity index is 2.03. The highest BCUT2D eigenvalue weighted by Gasteiger charge is 2.43. The molecule has 42 heavy (non-hydrogen) atoms. The van der Waals surface area contributed by atoms with Gasteiger partial charge < -0.3 is 19.3 Å². The summed E-state index contributed by atoms with van der Waals surface area (Å²) in [6.07, 6.45) is -10.2. The Morgan fingerprint density at radius 1 is 0.881 bits per heavy atom. The molecule has 1 aliphatic rings. The molecule has 232 valence electrons. The standard InChI is InChI=1S/C30H36F6N2O4/c1-6-23-16-24(17-25(14-19-10-8-7-9-11-19)38(23)27(40)42-28(2,3)4)37(26(39)41-5)18-20-12-21(29(31,32)33)15-22(13-20)30(34,35)36/h7-13,15,23-25H,6,14,16-18H2,1-5H3/t23-,24+,25?/m1/s1. The van der Waals surface area contributed by atoms with Gasteiger partial charge >= 0.3 is 24.5 Å². The van der Waals surface area contributed by atoms with E-state index in [1.165, 1.54) is 0 Å². The number of ether oxygens (including phenoxy) is 2.